The van der Waals surface area contributed by atoms with Gasteiger partial charge in [-0.15, -0.1) is 0 Å². The van der Waals surface area contributed by atoms with Crippen LogP contribution in [0.25, 0.3) is 0 Å². The Morgan fingerprint density at radius 2 is 2.33 bits per heavy atom. The van der Waals surface area contributed by atoms with Crippen molar-refractivity contribution in [3.63, 3.8) is 0 Å². The number of rotatable bonds is 1. The topological polar surface area (TPSA) is 55.6 Å². The van der Waals surface area contributed by atoms with Gasteiger partial charge in [0.1, 0.15) is 0 Å². The Balaban J connectivity index is 1.91. The number of hydrogen-bond donors (Lipinski definition) is 1. The number of anilines is 2. The third-order valence-electron chi connectivity index (χ3n) is 3.83. The zero-order valence-corrected chi connectivity index (χ0v) is 10.4. The smallest absolute Gasteiger partial charge is 0.232 e. The predicted molar refractivity (Wildman–Crippen MR) is 70.5 cm³/mol. The molecule has 1 saturated heterocycles. The maximum Gasteiger partial charge on any atom is 0.232 e. The van der Waals surface area contributed by atoms with E-state index in [1.54, 1.807) is 0 Å². The Labute approximate surface area is 107 Å². The lowest BCUT2D eigenvalue weighted by molar-refractivity contribution is -0.122. The van der Waals surface area contributed by atoms with Crippen LogP contribution in [0.1, 0.15) is 18.4 Å². The Morgan fingerprint density at radius 3 is 3.11 bits per heavy atom. The first-order valence-corrected chi connectivity index (χ1v) is 6.54. The summed E-state index contributed by atoms with van der Waals surface area (Å²) in [6.07, 6.45) is 2.79. The summed E-state index contributed by atoms with van der Waals surface area (Å²) in [5.74, 6) is 0.219. The molecule has 2 aliphatic heterocycles. The van der Waals surface area contributed by atoms with Gasteiger partial charge < -0.3 is 15.4 Å². The first kappa shape index (κ1) is 11.5. The molecule has 0 aromatic heterocycles. The van der Waals surface area contributed by atoms with Crippen LogP contribution in [0.5, 0.6) is 0 Å². The Bertz CT molecular complexity index is 467. The largest absolute Gasteiger partial charge is 0.398 e. The summed E-state index contributed by atoms with van der Waals surface area (Å²) in [5, 5.41) is 0. The van der Waals surface area contributed by atoms with Crippen LogP contribution >= 0.6 is 0 Å². The van der Waals surface area contributed by atoms with E-state index in [-0.39, 0.29) is 11.8 Å². The fourth-order valence-electron chi connectivity index (χ4n) is 2.83. The van der Waals surface area contributed by atoms with Crippen LogP contribution in [0.4, 0.5) is 11.4 Å². The van der Waals surface area contributed by atoms with Crippen molar-refractivity contribution in [1.82, 2.24) is 0 Å². The van der Waals surface area contributed by atoms with E-state index in [1.165, 1.54) is 0 Å². The minimum Gasteiger partial charge on any atom is -0.398 e. The zero-order chi connectivity index (χ0) is 12.5. The van der Waals surface area contributed by atoms with Crippen molar-refractivity contribution in [3.8, 4) is 0 Å². The number of ether oxygens (including phenoxy) is 1. The summed E-state index contributed by atoms with van der Waals surface area (Å²) in [7, 11) is 0. The number of carbonyl (C=O) groups excluding carboxylic acids is 1. The molecule has 2 heterocycles. The van der Waals surface area contributed by atoms with Crippen LogP contribution in [-0.2, 0) is 16.0 Å². The van der Waals surface area contributed by atoms with Gasteiger partial charge in [0.2, 0.25) is 5.91 Å². The van der Waals surface area contributed by atoms with Crippen LogP contribution in [0.15, 0.2) is 18.2 Å². The fraction of sp³-hybridized carbons (Fsp3) is 0.500. The third-order valence-corrected chi connectivity index (χ3v) is 3.83. The summed E-state index contributed by atoms with van der Waals surface area (Å²) >= 11 is 0. The quantitative estimate of drug-likeness (QED) is 0.765. The lowest BCUT2D eigenvalue weighted by atomic mass is 9.97. The lowest BCUT2D eigenvalue weighted by Crippen LogP contribution is -2.40. The SMILES string of the molecule is Nc1cccc2c1CCCN2C(=O)C1CCOC1. The first-order chi connectivity index (χ1) is 8.77. The minimum absolute atomic E-state index is 0.0254. The van der Waals surface area contributed by atoms with Crippen molar-refractivity contribution in [2.24, 2.45) is 5.92 Å². The molecule has 96 valence electrons. The zero-order valence-electron chi connectivity index (χ0n) is 10.4. The number of nitrogen functional groups attached to an aromatic ring is 1. The first-order valence-electron chi connectivity index (χ1n) is 6.54. The van der Waals surface area contributed by atoms with Gasteiger partial charge in [-0.1, -0.05) is 6.07 Å². The Hall–Kier alpha value is -1.55. The molecule has 0 bridgehead atoms. The molecule has 0 saturated carbocycles. The summed E-state index contributed by atoms with van der Waals surface area (Å²) in [4.78, 5) is 14.4. The second-order valence-corrected chi connectivity index (χ2v) is 5.00. The molecule has 1 aromatic carbocycles. The van der Waals surface area contributed by atoms with E-state index in [0.29, 0.717) is 13.2 Å². The lowest BCUT2D eigenvalue weighted by Gasteiger charge is -2.31. The molecule has 1 amide bonds. The fourth-order valence-corrected chi connectivity index (χ4v) is 2.83. The van der Waals surface area contributed by atoms with E-state index >= 15 is 0 Å². The van der Waals surface area contributed by atoms with Gasteiger partial charge in [0.15, 0.2) is 0 Å². The Kier molecular flexibility index (Phi) is 2.96. The van der Waals surface area contributed by atoms with Crippen molar-refractivity contribution < 1.29 is 9.53 Å². The van der Waals surface area contributed by atoms with Crippen molar-refractivity contribution in [3.05, 3.63) is 23.8 Å². The molecule has 18 heavy (non-hydrogen) atoms. The molecule has 1 aromatic rings. The molecular formula is C14H18N2O2. The van der Waals surface area contributed by atoms with Gasteiger partial charge in [-0.25, -0.2) is 0 Å². The van der Waals surface area contributed by atoms with Crippen molar-refractivity contribution >= 4 is 17.3 Å². The molecular weight excluding hydrogens is 228 g/mol. The van der Waals surface area contributed by atoms with E-state index < -0.39 is 0 Å². The van der Waals surface area contributed by atoms with E-state index in [9.17, 15) is 4.79 Å². The monoisotopic (exact) mass is 246 g/mol. The molecule has 0 aliphatic carbocycles. The molecule has 1 fully saturated rings. The number of fused-ring (bicyclic) bond motifs is 1. The highest BCUT2D eigenvalue weighted by atomic mass is 16.5. The minimum atomic E-state index is 0.0254. The van der Waals surface area contributed by atoms with E-state index in [4.69, 9.17) is 10.5 Å². The van der Waals surface area contributed by atoms with Crippen LogP contribution in [0.3, 0.4) is 0 Å². The molecule has 1 atom stereocenters. The molecule has 0 radical (unpaired) electrons. The molecule has 2 aliphatic rings. The van der Waals surface area contributed by atoms with E-state index in [0.717, 1.165) is 42.7 Å². The van der Waals surface area contributed by atoms with Crippen LogP contribution in [-0.4, -0.2) is 25.7 Å². The summed E-state index contributed by atoms with van der Waals surface area (Å²) in [5.41, 5.74) is 8.91. The van der Waals surface area contributed by atoms with E-state index in [2.05, 4.69) is 0 Å². The van der Waals surface area contributed by atoms with Gasteiger partial charge >= 0.3 is 0 Å². The number of nitrogens with two attached hydrogens (primary N) is 1. The molecule has 4 nitrogen and oxygen atoms in total. The maximum absolute atomic E-state index is 12.5. The maximum atomic E-state index is 12.5. The van der Waals surface area contributed by atoms with Gasteiger partial charge in [0.25, 0.3) is 0 Å². The van der Waals surface area contributed by atoms with Crippen LogP contribution < -0.4 is 10.6 Å². The highest BCUT2D eigenvalue weighted by Crippen LogP contribution is 2.32. The molecule has 3 rings (SSSR count). The number of nitrogens with zero attached hydrogens (tertiary/aromatic N) is 1. The van der Waals surface area contributed by atoms with Crippen LogP contribution in [0, 0.1) is 5.92 Å². The van der Waals surface area contributed by atoms with Gasteiger partial charge in [-0.2, -0.15) is 0 Å². The number of amides is 1. The number of benzene rings is 1. The molecule has 2 N–H and O–H groups in total. The highest BCUT2D eigenvalue weighted by molar-refractivity contribution is 5.97. The number of carbonyl (C=O) groups is 1. The van der Waals surface area contributed by atoms with Gasteiger partial charge in [0, 0.05) is 24.5 Å². The predicted octanol–water partition coefficient (Wildman–Crippen LogP) is 1.58. The molecule has 4 heteroatoms. The normalized spacial score (nSPS) is 22.9. The van der Waals surface area contributed by atoms with Crippen molar-refractivity contribution in [1.29, 1.82) is 0 Å². The standard InChI is InChI=1S/C14H18N2O2/c15-12-4-1-5-13-11(12)3-2-7-16(13)14(17)10-6-8-18-9-10/h1,4-5,10H,2-3,6-9,15H2. The van der Waals surface area contributed by atoms with Crippen molar-refractivity contribution in [2.75, 3.05) is 30.4 Å². The average molecular weight is 246 g/mol. The van der Waals surface area contributed by atoms with Crippen LogP contribution in [0.2, 0.25) is 0 Å². The third kappa shape index (κ3) is 1.86. The van der Waals surface area contributed by atoms with E-state index in [1.807, 2.05) is 23.1 Å². The highest BCUT2D eigenvalue weighted by Gasteiger charge is 2.31. The molecule has 1 unspecified atom stereocenters. The van der Waals surface area contributed by atoms with Gasteiger partial charge in [-0.05, 0) is 37.0 Å². The number of hydrogen-bond acceptors (Lipinski definition) is 3. The van der Waals surface area contributed by atoms with Crippen molar-refractivity contribution in [2.45, 2.75) is 19.3 Å². The summed E-state index contributed by atoms with van der Waals surface area (Å²) in [6.45, 7) is 2.06. The summed E-state index contributed by atoms with van der Waals surface area (Å²) in [6, 6.07) is 5.83. The summed E-state index contributed by atoms with van der Waals surface area (Å²) < 4.78 is 5.31. The van der Waals surface area contributed by atoms with Gasteiger partial charge in [0.05, 0.1) is 12.5 Å². The average Bonchev–Trinajstić information content (AvgIpc) is 2.92. The molecule has 0 spiro atoms. The second-order valence-electron chi connectivity index (χ2n) is 5.00. The second kappa shape index (κ2) is 4.61. The Morgan fingerprint density at radius 1 is 1.44 bits per heavy atom. The van der Waals surface area contributed by atoms with Gasteiger partial charge in [-0.3, -0.25) is 4.79 Å².